The Bertz CT molecular complexity index is 751. The fourth-order valence-electron chi connectivity index (χ4n) is 3.92. The van der Waals surface area contributed by atoms with Crippen LogP contribution in [0.2, 0.25) is 0 Å². The normalized spacial score (nSPS) is 25.1. The van der Waals surface area contributed by atoms with Gasteiger partial charge in [0.1, 0.15) is 0 Å². The van der Waals surface area contributed by atoms with Crippen LogP contribution in [0.25, 0.3) is 5.70 Å². The molecular weight excluding hydrogens is 330 g/mol. The van der Waals surface area contributed by atoms with Crippen molar-refractivity contribution in [3.63, 3.8) is 0 Å². The quantitative estimate of drug-likeness (QED) is 0.855. The molecule has 0 aromatic heterocycles. The number of fused-ring (bicyclic) bond motifs is 3. The zero-order valence-corrected chi connectivity index (χ0v) is 15.9. The standard InChI is InChI=1S/C20H25N3OS/c1-12(2)19(24)21-15-10-8-14(9-11-15)18-13(3)25-20-22-16-6-4-5-7-17(16)23(18)20/h8-12,16-17H,4-7H2,1-3H3,(H,21,24)/t16-,17-/m1/s1. The number of hydrogen-bond donors (Lipinski definition) is 1. The Morgan fingerprint density at radius 1 is 1.24 bits per heavy atom. The molecule has 132 valence electrons. The molecule has 3 aliphatic rings. The topological polar surface area (TPSA) is 44.7 Å². The smallest absolute Gasteiger partial charge is 0.226 e. The van der Waals surface area contributed by atoms with Gasteiger partial charge in [-0.2, -0.15) is 0 Å². The molecule has 2 heterocycles. The zero-order valence-electron chi connectivity index (χ0n) is 15.1. The largest absolute Gasteiger partial charge is 0.326 e. The van der Waals surface area contributed by atoms with E-state index in [2.05, 4.69) is 29.3 Å². The first-order chi connectivity index (χ1) is 12.0. The van der Waals surface area contributed by atoms with Gasteiger partial charge in [0.15, 0.2) is 5.17 Å². The molecule has 1 N–H and O–H groups in total. The molecular formula is C20H25N3OS. The second-order valence-electron chi connectivity index (χ2n) is 7.43. The lowest BCUT2D eigenvalue weighted by Gasteiger charge is -2.32. The van der Waals surface area contributed by atoms with E-state index in [1.54, 1.807) is 0 Å². The van der Waals surface area contributed by atoms with Crippen molar-refractivity contribution in [3.05, 3.63) is 34.7 Å². The van der Waals surface area contributed by atoms with Gasteiger partial charge in [-0.3, -0.25) is 9.79 Å². The summed E-state index contributed by atoms with van der Waals surface area (Å²) in [7, 11) is 0. The number of allylic oxidation sites excluding steroid dienone is 1. The minimum absolute atomic E-state index is 0.0116. The fourth-order valence-corrected chi connectivity index (χ4v) is 5.02. The minimum atomic E-state index is -0.0116. The second kappa shape index (κ2) is 6.52. The number of aliphatic imine (C=N–C) groups is 1. The van der Waals surface area contributed by atoms with Crippen molar-refractivity contribution in [3.8, 4) is 0 Å². The summed E-state index contributed by atoms with van der Waals surface area (Å²) in [5.41, 5.74) is 3.38. The minimum Gasteiger partial charge on any atom is -0.326 e. The summed E-state index contributed by atoms with van der Waals surface area (Å²) in [6.07, 6.45) is 5.06. The Hall–Kier alpha value is -1.75. The van der Waals surface area contributed by atoms with E-state index < -0.39 is 0 Å². The lowest BCUT2D eigenvalue weighted by atomic mass is 9.90. The number of carbonyl (C=O) groups is 1. The molecule has 4 rings (SSSR count). The van der Waals surface area contributed by atoms with Crippen molar-refractivity contribution in [2.75, 3.05) is 5.32 Å². The summed E-state index contributed by atoms with van der Waals surface area (Å²) in [6, 6.07) is 9.25. The van der Waals surface area contributed by atoms with Crippen molar-refractivity contribution in [1.29, 1.82) is 0 Å². The highest BCUT2D eigenvalue weighted by molar-refractivity contribution is 8.17. The van der Waals surface area contributed by atoms with Gasteiger partial charge in [-0.25, -0.2) is 0 Å². The third-order valence-corrected chi connectivity index (χ3v) is 6.26. The SMILES string of the molecule is CC1=C(c2ccc(NC(=O)C(C)C)cc2)N2C(=N[C@@H]3CCCC[C@H]32)S1. The average molecular weight is 356 g/mol. The van der Waals surface area contributed by atoms with Crippen LogP contribution >= 0.6 is 11.8 Å². The van der Waals surface area contributed by atoms with Crippen molar-refractivity contribution in [1.82, 2.24) is 4.90 Å². The van der Waals surface area contributed by atoms with Gasteiger partial charge in [-0.1, -0.05) is 50.6 Å². The predicted molar refractivity (Wildman–Crippen MR) is 105 cm³/mol. The van der Waals surface area contributed by atoms with E-state index in [0.717, 1.165) is 5.69 Å². The molecule has 0 saturated heterocycles. The molecule has 1 saturated carbocycles. The number of carbonyl (C=O) groups excluding carboxylic acids is 1. The number of nitrogens with one attached hydrogen (secondary N) is 1. The van der Waals surface area contributed by atoms with Crippen LogP contribution in [0.3, 0.4) is 0 Å². The zero-order chi connectivity index (χ0) is 17.6. The summed E-state index contributed by atoms with van der Waals surface area (Å²) in [5.74, 6) is 0.0426. The maximum atomic E-state index is 11.9. The molecule has 1 fully saturated rings. The van der Waals surface area contributed by atoms with Crippen LogP contribution in [-0.4, -0.2) is 28.1 Å². The predicted octanol–water partition coefficient (Wildman–Crippen LogP) is 4.70. The number of thioether (sulfide) groups is 1. The second-order valence-corrected chi connectivity index (χ2v) is 8.61. The first-order valence-corrected chi connectivity index (χ1v) is 10.0. The summed E-state index contributed by atoms with van der Waals surface area (Å²) < 4.78 is 0. The van der Waals surface area contributed by atoms with Crippen LogP contribution < -0.4 is 5.32 Å². The van der Waals surface area contributed by atoms with E-state index in [0.29, 0.717) is 12.1 Å². The van der Waals surface area contributed by atoms with Gasteiger partial charge in [0, 0.05) is 16.5 Å². The maximum Gasteiger partial charge on any atom is 0.226 e. The van der Waals surface area contributed by atoms with Crippen LogP contribution in [0.5, 0.6) is 0 Å². The lowest BCUT2D eigenvalue weighted by molar-refractivity contribution is -0.118. The monoisotopic (exact) mass is 355 g/mol. The Labute approximate surface area is 153 Å². The first kappa shape index (κ1) is 16.7. The lowest BCUT2D eigenvalue weighted by Crippen LogP contribution is -2.38. The summed E-state index contributed by atoms with van der Waals surface area (Å²) >= 11 is 1.81. The van der Waals surface area contributed by atoms with E-state index in [9.17, 15) is 4.79 Å². The van der Waals surface area contributed by atoms with Crippen LogP contribution in [0.1, 0.15) is 52.0 Å². The van der Waals surface area contributed by atoms with Crippen LogP contribution in [0, 0.1) is 5.92 Å². The third kappa shape index (κ3) is 2.99. The first-order valence-electron chi connectivity index (χ1n) is 9.21. The van der Waals surface area contributed by atoms with Crippen molar-refractivity contribution >= 4 is 34.2 Å². The van der Waals surface area contributed by atoms with Gasteiger partial charge in [-0.15, -0.1) is 0 Å². The maximum absolute atomic E-state index is 11.9. The molecule has 4 nitrogen and oxygen atoms in total. The molecule has 2 aliphatic heterocycles. The van der Waals surface area contributed by atoms with E-state index in [-0.39, 0.29) is 11.8 Å². The van der Waals surface area contributed by atoms with Gasteiger partial charge in [-0.05, 0) is 37.5 Å². The van der Waals surface area contributed by atoms with E-state index >= 15 is 0 Å². The van der Waals surface area contributed by atoms with Crippen LogP contribution in [-0.2, 0) is 4.79 Å². The van der Waals surface area contributed by atoms with Crippen molar-refractivity contribution in [2.45, 2.75) is 58.5 Å². The van der Waals surface area contributed by atoms with Gasteiger partial charge < -0.3 is 10.2 Å². The van der Waals surface area contributed by atoms with Crippen molar-refractivity contribution in [2.24, 2.45) is 10.9 Å². The summed E-state index contributed by atoms with van der Waals surface area (Å²) in [6.45, 7) is 6.00. The number of benzene rings is 1. The fraction of sp³-hybridized carbons (Fsp3) is 0.500. The number of amides is 1. The molecule has 25 heavy (non-hydrogen) atoms. The van der Waals surface area contributed by atoms with Gasteiger partial charge in [0.2, 0.25) is 5.91 Å². The molecule has 2 atom stereocenters. The molecule has 1 amide bonds. The van der Waals surface area contributed by atoms with E-state index in [1.165, 1.54) is 47.0 Å². The number of hydrogen-bond acceptors (Lipinski definition) is 4. The Balaban J connectivity index is 1.58. The summed E-state index contributed by atoms with van der Waals surface area (Å²) in [4.78, 5) is 20.6. The van der Waals surface area contributed by atoms with Gasteiger partial charge in [0.05, 0.1) is 17.8 Å². The molecule has 0 spiro atoms. The van der Waals surface area contributed by atoms with Crippen LogP contribution in [0.15, 0.2) is 34.2 Å². The van der Waals surface area contributed by atoms with Gasteiger partial charge in [0.25, 0.3) is 0 Å². The highest BCUT2D eigenvalue weighted by atomic mass is 32.2. The molecule has 0 unspecified atom stereocenters. The molecule has 0 bridgehead atoms. The molecule has 5 heteroatoms. The summed E-state index contributed by atoms with van der Waals surface area (Å²) in [5, 5.41) is 4.15. The molecule has 1 aromatic rings. The molecule has 0 radical (unpaired) electrons. The highest BCUT2D eigenvalue weighted by Gasteiger charge is 2.43. The van der Waals surface area contributed by atoms with E-state index in [1.807, 2.05) is 37.7 Å². The average Bonchev–Trinajstić information content (AvgIpc) is 3.10. The number of rotatable bonds is 3. The molecule has 1 aliphatic carbocycles. The van der Waals surface area contributed by atoms with Gasteiger partial charge >= 0.3 is 0 Å². The Morgan fingerprint density at radius 3 is 2.68 bits per heavy atom. The Morgan fingerprint density at radius 2 is 1.96 bits per heavy atom. The van der Waals surface area contributed by atoms with Crippen LogP contribution in [0.4, 0.5) is 5.69 Å². The highest BCUT2D eigenvalue weighted by Crippen LogP contribution is 2.47. The number of amidine groups is 1. The molecule has 1 aromatic carbocycles. The Kier molecular flexibility index (Phi) is 4.36. The van der Waals surface area contributed by atoms with E-state index in [4.69, 9.17) is 4.99 Å². The van der Waals surface area contributed by atoms with Crippen molar-refractivity contribution < 1.29 is 4.79 Å². The number of nitrogens with zero attached hydrogens (tertiary/aromatic N) is 2. The number of anilines is 1. The third-order valence-electron chi connectivity index (χ3n) is 5.28.